The summed E-state index contributed by atoms with van der Waals surface area (Å²) in [4.78, 5) is 25.7. The van der Waals surface area contributed by atoms with Crippen LogP contribution in [0.3, 0.4) is 0 Å². The SMILES string of the molecule is CCc1nc(C(N)=O)c(Nc2ccc(N3CCN(CC4CC[C@H]5C[C@@H]4C5(C)C)CC3)c(C(F)(F)F)c2)nc1N[C@H]1CC[C@H](O)CC1. The number of carbonyl (C=O) groups is 1. The van der Waals surface area contributed by atoms with Crippen molar-refractivity contribution in [3.8, 4) is 0 Å². The van der Waals surface area contributed by atoms with Crippen LogP contribution >= 0.6 is 0 Å². The molecule has 4 saturated carbocycles. The number of piperazine rings is 1. The van der Waals surface area contributed by atoms with Crippen molar-refractivity contribution >= 4 is 28.9 Å². The number of amides is 1. The minimum Gasteiger partial charge on any atom is -0.393 e. The number of hydrogen-bond donors (Lipinski definition) is 4. The van der Waals surface area contributed by atoms with Gasteiger partial charge in [-0.3, -0.25) is 9.69 Å². The third-order valence-corrected chi connectivity index (χ3v) is 11.3. The van der Waals surface area contributed by atoms with E-state index in [4.69, 9.17) is 5.73 Å². The van der Waals surface area contributed by atoms with Crippen LogP contribution in [0.15, 0.2) is 18.2 Å². The number of rotatable bonds is 9. The van der Waals surface area contributed by atoms with Crippen molar-refractivity contribution in [1.82, 2.24) is 14.9 Å². The number of halogens is 3. The summed E-state index contributed by atoms with van der Waals surface area (Å²) in [6.45, 7) is 10.2. The number of primary amides is 1. The zero-order valence-electron chi connectivity index (χ0n) is 27.2. The molecule has 0 spiro atoms. The minimum atomic E-state index is -4.58. The Morgan fingerprint density at radius 2 is 1.76 bits per heavy atom. The minimum absolute atomic E-state index is 0.00112. The van der Waals surface area contributed by atoms with Crippen molar-refractivity contribution in [1.29, 1.82) is 0 Å². The molecule has 1 unspecified atom stereocenters. The fraction of sp³-hybridized carbons (Fsp3) is 0.676. The van der Waals surface area contributed by atoms with Gasteiger partial charge in [-0.05, 0) is 92.7 Å². The first-order valence-corrected chi connectivity index (χ1v) is 16.9. The van der Waals surface area contributed by atoms with E-state index in [2.05, 4.69) is 39.3 Å². The molecule has 7 rings (SSSR count). The summed E-state index contributed by atoms with van der Waals surface area (Å²) in [5.41, 5.74) is 6.02. The van der Waals surface area contributed by atoms with Gasteiger partial charge in [-0.25, -0.2) is 9.97 Å². The number of aryl methyl sites for hydroxylation is 1. The van der Waals surface area contributed by atoms with Gasteiger partial charge < -0.3 is 26.4 Å². The molecule has 12 heteroatoms. The molecule has 46 heavy (non-hydrogen) atoms. The molecule has 2 aromatic rings. The van der Waals surface area contributed by atoms with Crippen LogP contribution in [0.5, 0.6) is 0 Å². The number of aliphatic hydroxyl groups is 1. The van der Waals surface area contributed by atoms with Gasteiger partial charge in [-0.2, -0.15) is 13.2 Å². The molecule has 1 aliphatic heterocycles. The van der Waals surface area contributed by atoms with Crippen molar-refractivity contribution < 1.29 is 23.1 Å². The Balaban J connectivity index is 1.18. The lowest BCUT2D eigenvalue weighted by Gasteiger charge is -2.61. The zero-order valence-corrected chi connectivity index (χ0v) is 27.2. The molecule has 252 valence electrons. The molecule has 1 aromatic heterocycles. The van der Waals surface area contributed by atoms with Crippen LogP contribution in [0.4, 0.5) is 36.2 Å². The molecule has 1 amide bonds. The highest BCUT2D eigenvalue weighted by Crippen LogP contribution is 2.61. The number of nitrogens with zero attached hydrogens (tertiary/aromatic N) is 4. The zero-order chi connectivity index (χ0) is 32.8. The van der Waals surface area contributed by atoms with E-state index < -0.39 is 17.6 Å². The van der Waals surface area contributed by atoms with Crippen LogP contribution in [0.1, 0.15) is 87.5 Å². The molecule has 1 aromatic carbocycles. The summed E-state index contributed by atoms with van der Waals surface area (Å²) in [7, 11) is 0. The first-order valence-electron chi connectivity index (χ1n) is 16.9. The van der Waals surface area contributed by atoms with E-state index in [1.165, 1.54) is 25.3 Å². The molecular weight excluding hydrogens is 595 g/mol. The summed E-state index contributed by atoms with van der Waals surface area (Å²) < 4.78 is 43.5. The number of nitrogens with one attached hydrogen (secondary N) is 2. The summed E-state index contributed by atoms with van der Waals surface area (Å²) in [5, 5.41) is 16.2. The summed E-state index contributed by atoms with van der Waals surface area (Å²) in [6.07, 6.45) is 2.28. The number of carbonyl (C=O) groups excluding carboxylic acids is 1. The summed E-state index contributed by atoms with van der Waals surface area (Å²) in [6, 6.07) is 4.23. The number of anilines is 4. The van der Waals surface area contributed by atoms with E-state index in [0.717, 1.165) is 50.4 Å². The third kappa shape index (κ3) is 6.65. The number of benzene rings is 1. The van der Waals surface area contributed by atoms with E-state index >= 15 is 0 Å². The van der Waals surface area contributed by atoms with Gasteiger partial charge in [-0.15, -0.1) is 0 Å². The largest absolute Gasteiger partial charge is 0.418 e. The van der Waals surface area contributed by atoms with Gasteiger partial charge >= 0.3 is 6.18 Å². The topological polar surface area (TPSA) is 120 Å². The maximum Gasteiger partial charge on any atom is 0.418 e. The summed E-state index contributed by atoms with van der Waals surface area (Å²) >= 11 is 0. The Hall–Kier alpha value is -3.12. The van der Waals surface area contributed by atoms with Gasteiger partial charge in [0.05, 0.1) is 17.4 Å². The van der Waals surface area contributed by atoms with Gasteiger partial charge in [-0.1, -0.05) is 20.8 Å². The number of alkyl halides is 3. The lowest BCUT2D eigenvalue weighted by atomic mass is 9.45. The van der Waals surface area contributed by atoms with Crippen molar-refractivity contribution in [2.75, 3.05) is 48.3 Å². The van der Waals surface area contributed by atoms with Crippen molar-refractivity contribution in [3.05, 3.63) is 35.2 Å². The molecule has 5 N–H and O–H groups in total. The maximum absolute atomic E-state index is 14.5. The van der Waals surface area contributed by atoms with Crippen LogP contribution < -0.4 is 21.3 Å². The second-order valence-corrected chi connectivity index (χ2v) is 14.4. The van der Waals surface area contributed by atoms with Crippen molar-refractivity contribution in [3.63, 3.8) is 0 Å². The summed E-state index contributed by atoms with van der Waals surface area (Å²) in [5.74, 6) is 1.92. The Labute approximate surface area is 269 Å². The lowest BCUT2D eigenvalue weighted by Crippen LogP contribution is -2.56. The predicted octanol–water partition coefficient (Wildman–Crippen LogP) is 5.81. The molecule has 3 atom stereocenters. The first kappa shape index (κ1) is 32.8. The van der Waals surface area contributed by atoms with E-state index in [9.17, 15) is 23.1 Å². The lowest BCUT2D eigenvalue weighted by molar-refractivity contribution is -0.137. The molecule has 2 heterocycles. The molecule has 5 fully saturated rings. The molecular formula is C34H48F3N7O2. The van der Waals surface area contributed by atoms with Crippen LogP contribution in [0.2, 0.25) is 0 Å². The van der Waals surface area contributed by atoms with Crippen LogP contribution in [-0.2, 0) is 12.6 Å². The van der Waals surface area contributed by atoms with Crippen LogP contribution in [-0.4, -0.2) is 70.8 Å². The third-order valence-electron chi connectivity index (χ3n) is 11.3. The highest BCUT2D eigenvalue weighted by molar-refractivity contribution is 5.96. The molecule has 9 nitrogen and oxygen atoms in total. The monoisotopic (exact) mass is 643 g/mol. The fourth-order valence-electron chi connectivity index (χ4n) is 8.44. The highest BCUT2D eigenvalue weighted by atomic mass is 19.4. The average Bonchev–Trinajstić information content (AvgIpc) is 3.02. The van der Waals surface area contributed by atoms with Crippen LogP contribution in [0, 0.1) is 23.2 Å². The second kappa shape index (κ2) is 12.8. The quantitative estimate of drug-likeness (QED) is 0.270. The highest BCUT2D eigenvalue weighted by Gasteiger charge is 2.54. The van der Waals surface area contributed by atoms with E-state index in [-0.39, 0.29) is 35.0 Å². The molecule has 0 radical (unpaired) electrons. The standard InChI is InChI=1S/C34H48F3N7O2/c1-4-27-31(39-22-7-10-24(45)11-8-22)42-32(29(41-27)30(38)46)40-23-9-12-28(26(18-23)34(35,36)37)44-15-13-43(14-16-44)19-20-5-6-21-17-25(20)33(21,2)3/h9,12,18,20-22,24-25,45H,4-8,10-11,13-17,19H2,1-3H3,(H2,38,46)(H2,39,40,42)/t20?,21-,22-,24-,25-/m0/s1. The van der Waals surface area contributed by atoms with Gasteiger partial charge in [0.15, 0.2) is 11.5 Å². The Morgan fingerprint density at radius 1 is 1.04 bits per heavy atom. The van der Waals surface area contributed by atoms with E-state index in [1.807, 2.05) is 11.8 Å². The number of nitrogens with two attached hydrogens (primary N) is 1. The van der Waals surface area contributed by atoms with Gasteiger partial charge in [0.25, 0.3) is 5.91 Å². The molecule has 1 saturated heterocycles. The van der Waals surface area contributed by atoms with Gasteiger partial charge in [0.2, 0.25) is 0 Å². The van der Waals surface area contributed by atoms with Gasteiger partial charge in [0, 0.05) is 50.1 Å². The first-order chi connectivity index (χ1) is 21.8. The van der Waals surface area contributed by atoms with E-state index in [0.29, 0.717) is 55.2 Å². The number of fused-ring (bicyclic) bond motifs is 2. The van der Waals surface area contributed by atoms with Crippen LogP contribution in [0.25, 0.3) is 0 Å². The Bertz CT molecular complexity index is 1420. The van der Waals surface area contributed by atoms with E-state index in [1.54, 1.807) is 6.07 Å². The van der Waals surface area contributed by atoms with Crippen molar-refractivity contribution in [2.24, 2.45) is 28.9 Å². The normalized spacial score (nSPS) is 28.0. The second-order valence-electron chi connectivity index (χ2n) is 14.4. The fourth-order valence-corrected chi connectivity index (χ4v) is 8.44. The number of hydrogen-bond acceptors (Lipinski definition) is 8. The maximum atomic E-state index is 14.5. The molecule has 5 aliphatic rings. The van der Waals surface area contributed by atoms with Crippen molar-refractivity contribution in [2.45, 2.75) is 90.5 Å². The Kier molecular flexibility index (Phi) is 9.14. The Morgan fingerprint density at radius 3 is 2.37 bits per heavy atom. The number of aromatic nitrogens is 2. The average molecular weight is 644 g/mol. The molecule has 4 aliphatic carbocycles. The van der Waals surface area contributed by atoms with Gasteiger partial charge in [0.1, 0.15) is 5.82 Å². The predicted molar refractivity (Wildman–Crippen MR) is 173 cm³/mol. The number of aliphatic hydroxyl groups excluding tert-OH is 1. The molecule has 2 bridgehead atoms. The smallest absolute Gasteiger partial charge is 0.393 e.